The molecule has 0 amide bonds. The van der Waals surface area contributed by atoms with E-state index < -0.39 is 0 Å². The van der Waals surface area contributed by atoms with E-state index in [1.54, 1.807) is 13.3 Å². The summed E-state index contributed by atoms with van der Waals surface area (Å²) in [5.41, 5.74) is 1.82. The molecular weight excluding hydrogens is 262 g/mol. The van der Waals surface area contributed by atoms with Crippen LogP contribution >= 0.6 is 11.6 Å². The lowest BCUT2D eigenvalue weighted by molar-refractivity contribution is 0.132. The lowest BCUT2D eigenvalue weighted by Gasteiger charge is -2.03. The lowest BCUT2D eigenvalue weighted by Crippen LogP contribution is -1.90. The van der Waals surface area contributed by atoms with Crippen molar-refractivity contribution >= 4 is 17.8 Å². The zero-order valence-corrected chi connectivity index (χ0v) is 11.3. The Hall–Kier alpha value is -2.00. The summed E-state index contributed by atoms with van der Waals surface area (Å²) < 4.78 is 5.13. The number of ether oxygens (including phenoxy) is 1. The fourth-order valence-electron chi connectivity index (χ4n) is 1.55. The fourth-order valence-corrected chi connectivity index (χ4v) is 1.73. The maximum Gasteiger partial charge on any atom is 0.142 e. The summed E-state index contributed by atoms with van der Waals surface area (Å²) in [6, 6.07) is 15.1. The highest BCUT2D eigenvalue weighted by Gasteiger charge is 1.96. The van der Waals surface area contributed by atoms with E-state index in [0.29, 0.717) is 11.6 Å². The first-order chi connectivity index (χ1) is 9.29. The Balaban J connectivity index is 1.91. The first-order valence-electron chi connectivity index (χ1n) is 5.82. The molecule has 2 aromatic rings. The lowest BCUT2D eigenvalue weighted by atomic mass is 10.2. The van der Waals surface area contributed by atoms with Crippen LogP contribution < -0.4 is 4.74 Å². The van der Waals surface area contributed by atoms with Gasteiger partial charge in [0.1, 0.15) is 12.4 Å². The van der Waals surface area contributed by atoms with Crippen molar-refractivity contribution in [1.82, 2.24) is 0 Å². The summed E-state index contributed by atoms with van der Waals surface area (Å²) in [4.78, 5) is 5.23. The van der Waals surface area contributed by atoms with Gasteiger partial charge in [-0.2, -0.15) is 0 Å². The van der Waals surface area contributed by atoms with Crippen LogP contribution in [-0.2, 0) is 11.4 Å². The van der Waals surface area contributed by atoms with Gasteiger partial charge in [-0.3, -0.25) is 0 Å². The third-order valence-corrected chi connectivity index (χ3v) is 2.88. The smallest absolute Gasteiger partial charge is 0.142 e. The maximum atomic E-state index is 6.00. The predicted molar refractivity (Wildman–Crippen MR) is 76.8 cm³/mol. The molecule has 2 rings (SSSR count). The fraction of sp³-hybridized carbons (Fsp3) is 0.133. The first kappa shape index (κ1) is 13.4. The second-order valence-corrected chi connectivity index (χ2v) is 4.29. The van der Waals surface area contributed by atoms with Crippen molar-refractivity contribution in [2.75, 3.05) is 7.11 Å². The van der Waals surface area contributed by atoms with Gasteiger partial charge in [0.2, 0.25) is 0 Å². The van der Waals surface area contributed by atoms with E-state index in [0.717, 1.165) is 16.9 Å². The van der Waals surface area contributed by atoms with Gasteiger partial charge in [0.15, 0.2) is 0 Å². The average Bonchev–Trinajstić information content (AvgIpc) is 2.45. The van der Waals surface area contributed by atoms with E-state index in [4.69, 9.17) is 21.2 Å². The summed E-state index contributed by atoms with van der Waals surface area (Å²) in [5.74, 6) is 0.802. The van der Waals surface area contributed by atoms with Crippen molar-refractivity contribution in [2.24, 2.45) is 5.16 Å². The third kappa shape index (κ3) is 4.00. The number of rotatable bonds is 5. The quantitative estimate of drug-likeness (QED) is 0.612. The molecule has 0 spiro atoms. The van der Waals surface area contributed by atoms with Crippen LogP contribution in [0.25, 0.3) is 0 Å². The van der Waals surface area contributed by atoms with Crippen LogP contribution in [-0.4, -0.2) is 13.3 Å². The predicted octanol–water partition coefficient (Wildman–Crippen LogP) is 3.90. The van der Waals surface area contributed by atoms with Crippen LogP contribution in [0.15, 0.2) is 53.7 Å². The Kier molecular flexibility index (Phi) is 4.81. The molecule has 0 saturated heterocycles. The molecule has 0 saturated carbocycles. The first-order valence-corrected chi connectivity index (χ1v) is 6.20. The summed E-state index contributed by atoms with van der Waals surface area (Å²) in [6.45, 7) is 0.387. The van der Waals surface area contributed by atoms with Crippen LogP contribution in [0.5, 0.6) is 5.75 Å². The molecule has 2 aromatic carbocycles. The van der Waals surface area contributed by atoms with Crippen molar-refractivity contribution < 1.29 is 9.57 Å². The molecule has 0 aliphatic rings. The Morgan fingerprint density at radius 3 is 2.79 bits per heavy atom. The minimum absolute atomic E-state index is 0.387. The number of benzene rings is 2. The summed E-state index contributed by atoms with van der Waals surface area (Å²) in [6.07, 6.45) is 1.60. The molecule has 0 aromatic heterocycles. The van der Waals surface area contributed by atoms with Gasteiger partial charge < -0.3 is 9.57 Å². The Morgan fingerprint density at radius 2 is 2.00 bits per heavy atom. The van der Waals surface area contributed by atoms with Gasteiger partial charge in [-0.05, 0) is 23.8 Å². The molecule has 0 aliphatic carbocycles. The number of hydrogen-bond acceptors (Lipinski definition) is 3. The number of nitrogens with zero attached hydrogens (tertiary/aromatic N) is 1. The van der Waals surface area contributed by atoms with Crippen molar-refractivity contribution in [2.45, 2.75) is 6.61 Å². The van der Waals surface area contributed by atoms with E-state index in [1.807, 2.05) is 48.5 Å². The molecular formula is C15H14ClNO2. The Bertz CT molecular complexity index is 570. The molecule has 0 aliphatic heterocycles. The molecule has 3 nitrogen and oxygen atoms in total. The van der Waals surface area contributed by atoms with Crippen LogP contribution in [0.2, 0.25) is 5.02 Å². The molecule has 0 fully saturated rings. The van der Waals surface area contributed by atoms with Crippen LogP contribution in [0, 0.1) is 0 Å². The monoisotopic (exact) mass is 275 g/mol. The second kappa shape index (κ2) is 6.81. The van der Waals surface area contributed by atoms with E-state index in [1.165, 1.54) is 0 Å². The molecule has 0 bridgehead atoms. The SMILES string of the molecule is COc1cccc(CON=Cc2ccccc2Cl)c1. The highest BCUT2D eigenvalue weighted by molar-refractivity contribution is 6.33. The third-order valence-electron chi connectivity index (χ3n) is 2.54. The maximum absolute atomic E-state index is 6.00. The molecule has 19 heavy (non-hydrogen) atoms. The van der Waals surface area contributed by atoms with Crippen LogP contribution in [0.3, 0.4) is 0 Å². The van der Waals surface area contributed by atoms with Gasteiger partial charge in [-0.1, -0.05) is 47.1 Å². The van der Waals surface area contributed by atoms with Crippen molar-refractivity contribution in [3.05, 3.63) is 64.7 Å². The van der Waals surface area contributed by atoms with Gasteiger partial charge >= 0.3 is 0 Å². The van der Waals surface area contributed by atoms with Crippen molar-refractivity contribution in [3.63, 3.8) is 0 Å². The highest BCUT2D eigenvalue weighted by Crippen LogP contribution is 2.14. The van der Waals surface area contributed by atoms with E-state index in [2.05, 4.69) is 5.16 Å². The van der Waals surface area contributed by atoms with Crippen LogP contribution in [0.1, 0.15) is 11.1 Å². The summed E-state index contributed by atoms with van der Waals surface area (Å²) in [5, 5.41) is 4.55. The minimum atomic E-state index is 0.387. The molecule has 0 N–H and O–H groups in total. The van der Waals surface area contributed by atoms with Gasteiger partial charge in [0.05, 0.1) is 13.3 Å². The topological polar surface area (TPSA) is 30.8 Å². The molecule has 0 unspecified atom stereocenters. The molecule has 0 atom stereocenters. The molecule has 0 heterocycles. The van der Waals surface area contributed by atoms with Crippen molar-refractivity contribution in [1.29, 1.82) is 0 Å². The number of methoxy groups -OCH3 is 1. The second-order valence-electron chi connectivity index (χ2n) is 3.88. The zero-order chi connectivity index (χ0) is 13.5. The van der Waals surface area contributed by atoms with Gasteiger partial charge in [-0.15, -0.1) is 0 Å². The normalized spacial score (nSPS) is 10.6. The van der Waals surface area contributed by atoms with Gasteiger partial charge in [0.25, 0.3) is 0 Å². The Morgan fingerprint density at radius 1 is 1.16 bits per heavy atom. The molecule has 98 valence electrons. The summed E-state index contributed by atoms with van der Waals surface area (Å²) in [7, 11) is 1.63. The minimum Gasteiger partial charge on any atom is -0.497 e. The number of oxime groups is 1. The average molecular weight is 276 g/mol. The largest absolute Gasteiger partial charge is 0.497 e. The standard InChI is InChI=1S/C15H14ClNO2/c1-18-14-7-4-5-12(9-14)11-19-17-10-13-6-2-3-8-15(13)16/h2-10H,11H2,1H3. The number of halogens is 1. The van der Waals surface area contributed by atoms with Crippen molar-refractivity contribution in [3.8, 4) is 5.75 Å². The van der Waals surface area contributed by atoms with Gasteiger partial charge in [0, 0.05) is 10.6 Å². The van der Waals surface area contributed by atoms with E-state index >= 15 is 0 Å². The van der Waals surface area contributed by atoms with E-state index in [-0.39, 0.29) is 0 Å². The van der Waals surface area contributed by atoms with Crippen LogP contribution in [0.4, 0.5) is 0 Å². The molecule has 0 radical (unpaired) electrons. The van der Waals surface area contributed by atoms with E-state index in [9.17, 15) is 0 Å². The molecule has 4 heteroatoms. The highest BCUT2D eigenvalue weighted by atomic mass is 35.5. The number of hydrogen-bond donors (Lipinski definition) is 0. The summed E-state index contributed by atoms with van der Waals surface area (Å²) >= 11 is 6.00. The Labute approximate surface area is 117 Å². The van der Waals surface area contributed by atoms with Gasteiger partial charge in [-0.25, -0.2) is 0 Å². The zero-order valence-electron chi connectivity index (χ0n) is 10.5.